The van der Waals surface area contributed by atoms with Crippen molar-refractivity contribution < 1.29 is 18.3 Å². The lowest BCUT2D eigenvalue weighted by atomic mass is 10.0. The van der Waals surface area contributed by atoms with E-state index in [2.05, 4.69) is 0 Å². The fraction of sp³-hybridized carbons (Fsp3) is 0.333. The Morgan fingerprint density at radius 2 is 1.93 bits per heavy atom. The molecule has 1 N–H and O–H groups in total. The lowest BCUT2D eigenvalue weighted by molar-refractivity contribution is -0.139. The molecule has 0 heterocycles. The molecular formula is C9H8ClF3O. The van der Waals surface area contributed by atoms with Gasteiger partial charge in [-0.15, -0.1) is 0 Å². The molecule has 1 nitrogen and oxygen atoms in total. The Morgan fingerprint density at radius 1 is 1.36 bits per heavy atom. The predicted molar refractivity (Wildman–Crippen MR) is 47.1 cm³/mol. The van der Waals surface area contributed by atoms with Gasteiger partial charge in [-0.25, -0.2) is 0 Å². The summed E-state index contributed by atoms with van der Waals surface area (Å²) >= 11 is 5.53. The maximum absolute atomic E-state index is 12.4. The van der Waals surface area contributed by atoms with Crippen LogP contribution in [0.4, 0.5) is 13.2 Å². The van der Waals surface area contributed by atoms with Gasteiger partial charge in [0.15, 0.2) is 0 Å². The molecule has 0 aliphatic heterocycles. The van der Waals surface area contributed by atoms with E-state index in [1.165, 1.54) is 6.92 Å². The quantitative estimate of drug-likeness (QED) is 0.775. The lowest BCUT2D eigenvalue weighted by Crippen LogP contribution is -2.10. The minimum atomic E-state index is -4.46. The Hall–Kier alpha value is -0.740. The molecular weight excluding hydrogens is 217 g/mol. The number of benzene rings is 1. The van der Waals surface area contributed by atoms with Gasteiger partial charge >= 0.3 is 6.18 Å². The fourth-order valence-corrected chi connectivity index (χ4v) is 1.32. The Labute approximate surface area is 84.1 Å². The molecule has 1 rings (SSSR count). The number of hydrogen-bond donors (Lipinski definition) is 1. The first kappa shape index (κ1) is 11.3. The van der Waals surface area contributed by atoms with Crippen LogP contribution in [0.3, 0.4) is 0 Å². The van der Waals surface area contributed by atoms with Crippen LogP contribution in [0.25, 0.3) is 0 Å². The molecule has 0 aromatic heterocycles. The summed E-state index contributed by atoms with van der Waals surface area (Å²) in [5, 5.41) is 9.31. The smallest absolute Gasteiger partial charge is 0.389 e. The fourth-order valence-electron chi connectivity index (χ4n) is 1.14. The Balaban J connectivity index is 3.29. The minimum Gasteiger partial charge on any atom is -0.389 e. The van der Waals surface area contributed by atoms with Crippen molar-refractivity contribution in [2.24, 2.45) is 0 Å². The third-order valence-corrected chi connectivity index (χ3v) is 2.00. The highest BCUT2D eigenvalue weighted by Crippen LogP contribution is 2.35. The topological polar surface area (TPSA) is 20.2 Å². The highest BCUT2D eigenvalue weighted by atomic mass is 35.5. The molecule has 0 aliphatic rings. The average Bonchev–Trinajstić information content (AvgIpc) is 2.01. The zero-order chi connectivity index (χ0) is 10.9. The molecule has 5 heteroatoms. The monoisotopic (exact) mass is 224 g/mol. The number of alkyl halides is 3. The van der Waals surface area contributed by atoms with Gasteiger partial charge in [-0.3, -0.25) is 0 Å². The van der Waals surface area contributed by atoms with Gasteiger partial charge in [-0.05, 0) is 30.7 Å². The van der Waals surface area contributed by atoms with E-state index in [0.29, 0.717) is 0 Å². The lowest BCUT2D eigenvalue weighted by Gasteiger charge is -2.14. The van der Waals surface area contributed by atoms with Crippen molar-refractivity contribution in [1.29, 1.82) is 0 Å². The molecule has 0 amide bonds. The molecule has 1 unspecified atom stereocenters. The van der Waals surface area contributed by atoms with E-state index in [1.54, 1.807) is 0 Å². The van der Waals surface area contributed by atoms with Crippen LogP contribution in [-0.4, -0.2) is 5.11 Å². The van der Waals surface area contributed by atoms with Crippen molar-refractivity contribution in [1.82, 2.24) is 0 Å². The van der Waals surface area contributed by atoms with Gasteiger partial charge in [0.05, 0.1) is 11.7 Å². The molecule has 0 aliphatic carbocycles. The largest absolute Gasteiger partial charge is 0.416 e. The third-order valence-electron chi connectivity index (χ3n) is 1.77. The highest BCUT2D eigenvalue weighted by molar-refractivity contribution is 6.30. The van der Waals surface area contributed by atoms with Gasteiger partial charge in [-0.1, -0.05) is 11.6 Å². The summed E-state index contributed by atoms with van der Waals surface area (Å²) in [6.07, 6.45) is -5.65. The van der Waals surface area contributed by atoms with Gasteiger partial charge in [0.2, 0.25) is 0 Å². The van der Waals surface area contributed by atoms with Gasteiger partial charge in [0, 0.05) is 5.02 Å². The standard InChI is InChI=1S/C9H8ClF3O/c1-5(14)7-4-6(10)2-3-8(7)9(11,12)13/h2-5,14H,1H3. The second-order valence-electron chi connectivity index (χ2n) is 2.91. The molecule has 0 saturated carbocycles. The second kappa shape index (κ2) is 3.79. The van der Waals surface area contributed by atoms with E-state index in [-0.39, 0.29) is 10.6 Å². The molecule has 0 radical (unpaired) electrons. The van der Waals surface area contributed by atoms with E-state index < -0.39 is 17.8 Å². The van der Waals surface area contributed by atoms with Crippen molar-refractivity contribution in [2.45, 2.75) is 19.2 Å². The summed E-state index contributed by atoms with van der Waals surface area (Å²) in [5.74, 6) is 0. The number of aliphatic hydroxyl groups is 1. The van der Waals surface area contributed by atoms with Gasteiger partial charge in [-0.2, -0.15) is 13.2 Å². The SMILES string of the molecule is CC(O)c1cc(Cl)ccc1C(F)(F)F. The number of rotatable bonds is 1. The molecule has 0 fully saturated rings. The van der Waals surface area contributed by atoms with Crippen molar-refractivity contribution >= 4 is 11.6 Å². The number of halogens is 4. The minimum absolute atomic E-state index is 0.175. The van der Waals surface area contributed by atoms with E-state index in [4.69, 9.17) is 16.7 Å². The zero-order valence-electron chi connectivity index (χ0n) is 7.27. The van der Waals surface area contributed by atoms with Gasteiger partial charge in [0.1, 0.15) is 0 Å². The maximum Gasteiger partial charge on any atom is 0.416 e. The van der Waals surface area contributed by atoms with E-state index >= 15 is 0 Å². The zero-order valence-corrected chi connectivity index (χ0v) is 8.02. The van der Waals surface area contributed by atoms with E-state index in [1.807, 2.05) is 0 Å². The Bertz CT molecular complexity index is 333. The molecule has 0 bridgehead atoms. The summed E-state index contributed by atoms with van der Waals surface area (Å²) in [6.45, 7) is 1.26. The number of aliphatic hydroxyl groups excluding tert-OH is 1. The molecule has 0 spiro atoms. The highest BCUT2D eigenvalue weighted by Gasteiger charge is 2.34. The first-order chi connectivity index (χ1) is 6.32. The first-order valence-corrected chi connectivity index (χ1v) is 4.25. The Morgan fingerprint density at radius 3 is 2.36 bits per heavy atom. The van der Waals surface area contributed by atoms with Crippen molar-refractivity contribution in [2.75, 3.05) is 0 Å². The summed E-state index contributed by atoms with van der Waals surface area (Å²) in [4.78, 5) is 0. The second-order valence-corrected chi connectivity index (χ2v) is 3.34. The van der Waals surface area contributed by atoms with E-state index in [0.717, 1.165) is 18.2 Å². The molecule has 0 saturated heterocycles. The van der Waals surface area contributed by atoms with Crippen LogP contribution in [0.15, 0.2) is 18.2 Å². The molecule has 1 aromatic rings. The molecule has 1 atom stereocenters. The summed E-state index contributed by atoms with van der Waals surface area (Å²) in [7, 11) is 0. The molecule has 78 valence electrons. The van der Waals surface area contributed by atoms with E-state index in [9.17, 15) is 13.2 Å². The van der Waals surface area contributed by atoms with Crippen LogP contribution < -0.4 is 0 Å². The predicted octanol–water partition coefficient (Wildman–Crippen LogP) is 3.41. The van der Waals surface area contributed by atoms with Crippen LogP contribution in [0.5, 0.6) is 0 Å². The molecule has 14 heavy (non-hydrogen) atoms. The Kier molecular flexibility index (Phi) is 3.07. The third kappa shape index (κ3) is 2.39. The van der Waals surface area contributed by atoms with Crippen LogP contribution in [0.1, 0.15) is 24.2 Å². The van der Waals surface area contributed by atoms with Crippen LogP contribution in [0, 0.1) is 0 Å². The summed E-state index contributed by atoms with van der Waals surface area (Å²) < 4.78 is 37.2. The van der Waals surface area contributed by atoms with Crippen LogP contribution >= 0.6 is 11.6 Å². The van der Waals surface area contributed by atoms with Crippen molar-refractivity contribution in [3.63, 3.8) is 0 Å². The maximum atomic E-state index is 12.4. The molecule has 1 aromatic carbocycles. The van der Waals surface area contributed by atoms with Crippen molar-refractivity contribution in [3.8, 4) is 0 Å². The normalized spacial score (nSPS) is 14.1. The summed E-state index contributed by atoms with van der Waals surface area (Å²) in [6, 6.07) is 3.13. The van der Waals surface area contributed by atoms with Crippen molar-refractivity contribution in [3.05, 3.63) is 34.3 Å². The van der Waals surface area contributed by atoms with Crippen LogP contribution in [0.2, 0.25) is 5.02 Å². The summed E-state index contributed by atoms with van der Waals surface area (Å²) in [5.41, 5.74) is -1.05. The number of hydrogen-bond acceptors (Lipinski definition) is 1. The van der Waals surface area contributed by atoms with Crippen LogP contribution in [-0.2, 0) is 6.18 Å². The van der Waals surface area contributed by atoms with Gasteiger partial charge < -0.3 is 5.11 Å². The average molecular weight is 225 g/mol. The first-order valence-electron chi connectivity index (χ1n) is 3.87. The van der Waals surface area contributed by atoms with Gasteiger partial charge in [0.25, 0.3) is 0 Å².